The summed E-state index contributed by atoms with van der Waals surface area (Å²) in [5, 5.41) is 7.24. The SMILES string of the molecule is Cc1nc(C)c(C2=CSC(CCOc3ccc(Br)cc3)N2)s1. The van der Waals surface area contributed by atoms with Crippen LogP contribution in [0.2, 0.25) is 0 Å². The first-order valence-electron chi connectivity index (χ1n) is 7.07. The van der Waals surface area contributed by atoms with Crippen molar-refractivity contribution in [2.45, 2.75) is 25.6 Å². The van der Waals surface area contributed by atoms with Crippen molar-refractivity contribution >= 4 is 44.7 Å². The van der Waals surface area contributed by atoms with E-state index in [2.05, 4.69) is 38.6 Å². The van der Waals surface area contributed by atoms with Crippen molar-refractivity contribution in [2.24, 2.45) is 0 Å². The minimum atomic E-state index is 0.368. The number of halogens is 1. The third-order valence-electron chi connectivity index (χ3n) is 3.28. The molecule has 0 fully saturated rings. The third kappa shape index (κ3) is 3.86. The van der Waals surface area contributed by atoms with E-state index in [0.29, 0.717) is 12.0 Å². The number of thioether (sulfide) groups is 1. The van der Waals surface area contributed by atoms with Crippen molar-refractivity contribution in [3.8, 4) is 5.75 Å². The van der Waals surface area contributed by atoms with Gasteiger partial charge < -0.3 is 10.1 Å². The fourth-order valence-electron chi connectivity index (χ4n) is 2.25. The smallest absolute Gasteiger partial charge is 0.119 e. The van der Waals surface area contributed by atoms with Crippen molar-refractivity contribution < 1.29 is 4.74 Å². The molecule has 6 heteroatoms. The van der Waals surface area contributed by atoms with Crippen molar-refractivity contribution in [3.05, 3.63) is 49.7 Å². The van der Waals surface area contributed by atoms with Crippen LogP contribution >= 0.6 is 39.0 Å². The topological polar surface area (TPSA) is 34.1 Å². The van der Waals surface area contributed by atoms with E-state index < -0.39 is 0 Å². The molecule has 0 spiro atoms. The Balaban J connectivity index is 1.48. The molecule has 1 aromatic heterocycles. The van der Waals surface area contributed by atoms with Crippen LogP contribution in [0.1, 0.15) is 22.0 Å². The molecule has 0 bridgehead atoms. The molecule has 0 aliphatic carbocycles. The minimum Gasteiger partial charge on any atom is -0.493 e. The second-order valence-corrected chi connectivity index (χ2v) is 8.23. The number of nitrogens with zero attached hydrogens (tertiary/aromatic N) is 1. The van der Waals surface area contributed by atoms with Gasteiger partial charge in [0.15, 0.2) is 0 Å². The Morgan fingerprint density at radius 2 is 2.05 bits per heavy atom. The Morgan fingerprint density at radius 1 is 1.27 bits per heavy atom. The number of aromatic nitrogens is 1. The molecule has 0 saturated heterocycles. The van der Waals surface area contributed by atoms with Gasteiger partial charge in [0.25, 0.3) is 0 Å². The maximum atomic E-state index is 5.78. The van der Waals surface area contributed by atoms with Crippen molar-refractivity contribution in [2.75, 3.05) is 6.61 Å². The van der Waals surface area contributed by atoms with E-state index in [-0.39, 0.29) is 0 Å². The van der Waals surface area contributed by atoms with Crippen LogP contribution in [0, 0.1) is 13.8 Å². The van der Waals surface area contributed by atoms with E-state index in [9.17, 15) is 0 Å². The first-order valence-corrected chi connectivity index (χ1v) is 9.62. The van der Waals surface area contributed by atoms with Crippen LogP contribution in [-0.2, 0) is 0 Å². The lowest BCUT2D eigenvalue weighted by molar-refractivity contribution is 0.307. The van der Waals surface area contributed by atoms with Gasteiger partial charge in [0.1, 0.15) is 5.75 Å². The fraction of sp³-hybridized carbons (Fsp3) is 0.312. The van der Waals surface area contributed by atoms with Crippen molar-refractivity contribution in [1.29, 1.82) is 0 Å². The fourth-order valence-corrected chi connectivity index (χ4v) is 4.40. The standard InChI is InChI=1S/C16H17BrN2OS2/c1-10-16(22-11(2)18-10)14-9-21-15(19-14)7-8-20-13-5-3-12(17)4-6-13/h3-6,9,15,19H,7-8H2,1-2H3. The van der Waals surface area contributed by atoms with Crippen LogP contribution in [0.25, 0.3) is 5.70 Å². The Hall–Kier alpha value is -0.980. The average Bonchev–Trinajstić information content (AvgIpc) is 3.07. The van der Waals surface area contributed by atoms with Gasteiger partial charge in [-0.25, -0.2) is 4.98 Å². The summed E-state index contributed by atoms with van der Waals surface area (Å²) in [6.45, 7) is 4.82. The number of hydrogen-bond acceptors (Lipinski definition) is 5. The van der Waals surface area contributed by atoms with E-state index in [1.54, 1.807) is 11.3 Å². The molecular formula is C16H17BrN2OS2. The summed E-state index contributed by atoms with van der Waals surface area (Å²) in [6, 6.07) is 7.94. The molecule has 22 heavy (non-hydrogen) atoms. The highest BCUT2D eigenvalue weighted by Gasteiger charge is 2.20. The predicted molar refractivity (Wildman–Crippen MR) is 98.3 cm³/mol. The van der Waals surface area contributed by atoms with Gasteiger partial charge in [-0.05, 0) is 43.5 Å². The third-order valence-corrected chi connectivity index (χ3v) is 5.97. The first-order chi connectivity index (χ1) is 10.6. The van der Waals surface area contributed by atoms with E-state index in [0.717, 1.165) is 27.3 Å². The van der Waals surface area contributed by atoms with Gasteiger partial charge in [0.05, 0.1) is 33.3 Å². The van der Waals surface area contributed by atoms with Gasteiger partial charge in [-0.3, -0.25) is 0 Å². The summed E-state index contributed by atoms with van der Waals surface area (Å²) in [7, 11) is 0. The normalized spacial score (nSPS) is 17.2. The second-order valence-electron chi connectivity index (χ2n) is 5.04. The summed E-state index contributed by atoms with van der Waals surface area (Å²) in [4.78, 5) is 5.74. The Morgan fingerprint density at radius 3 is 2.73 bits per heavy atom. The van der Waals surface area contributed by atoms with Gasteiger partial charge in [-0.1, -0.05) is 15.9 Å². The van der Waals surface area contributed by atoms with E-state index >= 15 is 0 Å². The van der Waals surface area contributed by atoms with Crippen molar-refractivity contribution in [3.63, 3.8) is 0 Å². The molecule has 3 nitrogen and oxygen atoms in total. The second kappa shape index (κ2) is 7.06. The zero-order chi connectivity index (χ0) is 15.5. The van der Waals surface area contributed by atoms with Crippen LogP contribution in [0.5, 0.6) is 5.75 Å². The molecule has 1 aliphatic rings. The summed E-state index contributed by atoms with van der Waals surface area (Å²) >= 11 is 6.99. The molecular weight excluding hydrogens is 380 g/mol. The van der Waals surface area contributed by atoms with Crippen LogP contribution < -0.4 is 10.1 Å². The van der Waals surface area contributed by atoms with Crippen LogP contribution in [-0.4, -0.2) is 17.0 Å². The zero-order valence-corrected chi connectivity index (χ0v) is 15.6. The molecule has 1 aliphatic heterocycles. The van der Waals surface area contributed by atoms with Gasteiger partial charge in [0.2, 0.25) is 0 Å². The highest BCUT2D eigenvalue weighted by Crippen LogP contribution is 2.33. The average molecular weight is 397 g/mol. The molecule has 1 unspecified atom stereocenters. The molecule has 0 saturated carbocycles. The number of nitrogens with one attached hydrogen (secondary N) is 1. The lowest BCUT2D eigenvalue weighted by atomic mass is 10.3. The van der Waals surface area contributed by atoms with Crippen LogP contribution in [0.4, 0.5) is 0 Å². The minimum absolute atomic E-state index is 0.368. The number of ether oxygens (including phenoxy) is 1. The van der Waals surface area contributed by atoms with E-state index in [1.165, 1.54) is 10.6 Å². The number of rotatable bonds is 5. The molecule has 2 aromatic rings. The maximum absolute atomic E-state index is 5.78. The monoisotopic (exact) mass is 396 g/mol. The Bertz CT molecular complexity index is 682. The number of benzene rings is 1. The summed E-state index contributed by atoms with van der Waals surface area (Å²) in [5.41, 5.74) is 2.30. The Kier molecular flexibility index (Phi) is 5.10. The number of aryl methyl sites for hydroxylation is 2. The molecule has 1 aromatic carbocycles. The molecule has 0 amide bonds. The quantitative estimate of drug-likeness (QED) is 0.774. The van der Waals surface area contributed by atoms with Gasteiger partial charge in [0, 0.05) is 10.9 Å². The molecule has 116 valence electrons. The maximum Gasteiger partial charge on any atom is 0.119 e. The van der Waals surface area contributed by atoms with Gasteiger partial charge >= 0.3 is 0 Å². The number of hydrogen-bond donors (Lipinski definition) is 1. The highest BCUT2D eigenvalue weighted by atomic mass is 79.9. The molecule has 3 rings (SSSR count). The van der Waals surface area contributed by atoms with Crippen LogP contribution in [0.15, 0.2) is 34.1 Å². The first kappa shape index (κ1) is 15.9. The highest BCUT2D eigenvalue weighted by molar-refractivity contribution is 9.10. The zero-order valence-electron chi connectivity index (χ0n) is 12.4. The largest absolute Gasteiger partial charge is 0.493 e. The van der Waals surface area contributed by atoms with E-state index in [4.69, 9.17) is 4.74 Å². The molecule has 2 heterocycles. The molecule has 1 atom stereocenters. The van der Waals surface area contributed by atoms with Crippen LogP contribution in [0.3, 0.4) is 0 Å². The van der Waals surface area contributed by atoms with Crippen molar-refractivity contribution in [1.82, 2.24) is 10.3 Å². The molecule has 0 radical (unpaired) electrons. The molecule has 1 N–H and O–H groups in total. The Labute approximate surface area is 147 Å². The van der Waals surface area contributed by atoms with Gasteiger partial charge in [-0.2, -0.15) is 0 Å². The summed E-state index contributed by atoms with van der Waals surface area (Å²) < 4.78 is 6.85. The lowest BCUT2D eigenvalue weighted by Crippen LogP contribution is -2.22. The predicted octanol–water partition coefficient (Wildman–Crippen LogP) is 4.95. The number of thiazole rings is 1. The van der Waals surface area contributed by atoms with E-state index in [1.807, 2.05) is 43.0 Å². The summed E-state index contributed by atoms with van der Waals surface area (Å²) in [6.07, 6.45) is 0.956. The lowest BCUT2D eigenvalue weighted by Gasteiger charge is -2.13. The summed E-state index contributed by atoms with van der Waals surface area (Å²) in [5.74, 6) is 0.910. The van der Waals surface area contributed by atoms with Gasteiger partial charge in [-0.15, -0.1) is 23.1 Å².